The zero-order valence-electron chi connectivity index (χ0n) is 12.7. The van der Waals surface area contributed by atoms with Crippen LogP contribution in [0.3, 0.4) is 0 Å². The number of aryl methyl sites for hydroxylation is 2. The molecular weight excluding hydrogens is 300 g/mol. The first-order valence-corrected chi connectivity index (χ1v) is 8.24. The molecule has 0 heterocycles. The summed E-state index contributed by atoms with van der Waals surface area (Å²) < 4.78 is 27.3. The Morgan fingerprint density at radius 2 is 1.64 bits per heavy atom. The molecule has 22 heavy (non-hydrogen) atoms. The van der Waals surface area contributed by atoms with Gasteiger partial charge in [-0.15, -0.1) is 0 Å². The predicted molar refractivity (Wildman–Crippen MR) is 87.5 cm³/mol. The summed E-state index contributed by atoms with van der Waals surface area (Å²) in [5, 5.41) is 2.66. The van der Waals surface area contributed by atoms with Gasteiger partial charge in [-0.25, -0.2) is 8.42 Å². The van der Waals surface area contributed by atoms with Crippen LogP contribution in [-0.2, 0) is 14.8 Å². The highest BCUT2D eigenvalue weighted by Gasteiger charge is 2.15. The first kappa shape index (κ1) is 16.0. The van der Waals surface area contributed by atoms with E-state index in [-0.39, 0.29) is 10.8 Å². The number of hydrogen-bond donors (Lipinski definition) is 2. The van der Waals surface area contributed by atoms with Crippen LogP contribution in [0.2, 0.25) is 0 Å². The zero-order valence-corrected chi connectivity index (χ0v) is 13.5. The van der Waals surface area contributed by atoms with E-state index in [0.717, 1.165) is 11.1 Å². The highest BCUT2D eigenvalue weighted by molar-refractivity contribution is 7.92. The summed E-state index contributed by atoms with van der Waals surface area (Å²) in [5.41, 5.74) is 2.83. The van der Waals surface area contributed by atoms with Gasteiger partial charge in [-0.05, 0) is 49.7 Å². The van der Waals surface area contributed by atoms with Crippen molar-refractivity contribution in [3.8, 4) is 0 Å². The smallest absolute Gasteiger partial charge is 0.261 e. The fourth-order valence-electron chi connectivity index (χ4n) is 1.98. The SMILES string of the molecule is CC(=O)Nc1ccc(NS(=O)(=O)c2ccc(C)cc2)c(C)c1. The number of benzene rings is 2. The van der Waals surface area contributed by atoms with E-state index in [4.69, 9.17) is 0 Å². The Morgan fingerprint density at radius 1 is 1.00 bits per heavy atom. The van der Waals surface area contributed by atoms with Gasteiger partial charge in [0.25, 0.3) is 10.0 Å². The molecule has 0 saturated heterocycles. The molecule has 0 saturated carbocycles. The third-order valence-electron chi connectivity index (χ3n) is 3.12. The van der Waals surface area contributed by atoms with E-state index in [9.17, 15) is 13.2 Å². The molecule has 0 aromatic heterocycles. The lowest BCUT2D eigenvalue weighted by atomic mass is 10.2. The third-order valence-corrected chi connectivity index (χ3v) is 4.50. The number of rotatable bonds is 4. The maximum Gasteiger partial charge on any atom is 0.261 e. The average molecular weight is 318 g/mol. The summed E-state index contributed by atoms with van der Waals surface area (Å²) in [4.78, 5) is 11.2. The summed E-state index contributed by atoms with van der Waals surface area (Å²) in [5.74, 6) is -0.174. The molecule has 0 atom stereocenters. The second kappa shape index (κ2) is 6.19. The number of nitrogens with one attached hydrogen (secondary N) is 2. The molecule has 0 fully saturated rings. The standard InChI is InChI=1S/C16H18N2O3S/c1-11-4-7-15(8-5-11)22(20,21)18-16-9-6-14(10-12(16)2)17-13(3)19/h4-10,18H,1-3H3,(H,17,19). The van der Waals surface area contributed by atoms with Crippen molar-refractivity contribution in [3.05, 3.63) is 53.6 Å². The van der Waals surface area contributed by atoms with E-state index in [1.165, 1.54) is 6.92 Å². The van der Waals surface area contributed by atoms with Gasteiger partial charge in [0.2, 0.25) is 5.91 Å². The van der Waals surface area contributed by atoms with Crippen LogP contribution in [0.1, 0.15) is 18.1 Å². The van der Waals surface area contributed by atoms with Crippen molar-refractivity contribution < 1.29 is 13.2 Å². The maximum atomic E-state index is 12.3. The Kier molecular flexibility index (Phi) is 4.51. The van der Waals surface area contributed by atoms with Crippen molar-refractivity contribution in [1.82, 2.24) is 0 Å². The quantitative estimate of drug-likeness (QED) is 0.909. The van der Waals surface area contributed by atoms with Crippen LogP contribution in [-0.4, -0.2) is 14.3 Å². The van der Waals surface area contributed by atoms with Crippen LogP contribution >= 0.6 is 0 Å². The molecule has 2 rings (SSSR count). The minimum atomic E-state index is -3.63. The van der Waals surface area contributed by atoms with Gasteiger partial charge in [0.1, 0.15) is 0 Å². The molecule has 5 nitrogen and oxygen atoms in total. The molecule has 6 heteroatoms. The van der Waals surface area contributed by atoms with Gasteiger partial charge in [0, 0.05) is 12.6 Å². The van der Waals surface area contributed by atoms with Crippen molar-refractivity contribution >= 4 is 27.3 Å². The molecular formula is C16H18N2O3S. The van der Waals surface area contributed by atoms with Crippen LogP contribution < -0.4 is 10.0 Å². The largest absolute Gasteiger partial charge is 0.326 e. The van der Waals surface area contributed by atoms with Crippen LogP contribution in [0.15, 0.2) is 47.4 Å². The van der Waals surface area contributed by atoms with Gasteiger partial charge >= 0.3 is 0 Å². The first-order valence-electron chi connectivity index (χ1n) is 6.76. The van der Waals surface area contributed by atoms with Crippen LogP contribution in [0.25, 0.3) is 0 Å². The Balaban J connectivity index is 2.26. The number of hydrogen-bond acceptors (Lipinski definition) is 3. The van der Waals surface area contributed by atoms with Gasteiger partial charge in [-0.3, -0.25) is 9.52 Å². The summed E-state index contributed by atoms with van der Waals surface area (Å²) in [7, 11) is -3.63. The third kappa shape index (κ3) is 3.85. The van der Waals surface area contributed by atoms with Crippen molar-refractivity contribution in [1.29, 1.82) is 0 Å². The number of sulfonamides is 1. The minimum absolute atomic E-state index is 0.174. The van der Waals surface area contributed by atoms with Gasteiger partial charge in [-0.1, -0.05) is 17.7 Å². The lowest BCUT2D eigenvalue weighted by Crippen LogP contribution is -2.14. The molecule has 1 amide bonds. The highest BCUT2D eigenvalue weighted by atomic mass is 32.2. The lowest BCUT2D eigenvalue weighted by Gasteiger charge is -2.12. The molecule has 0 radical (unpaired) electrons. The second-order valence-electron chi connectivity index (χ2n) is 5.13. The Bertz CT molecular complexity index is 797. The van der Waals surface area contributed by atoms with E-state index in [1.54, 1.807) is 49.4 Å². The van der Waals surface area contributed by atoms with Gasteiger partial charge in [-0.2, -0.15) is 0 Å². The molecule has 0 aliphatic heterocycles. The zero-order chi connectivity index (χ0) is 16.3. The molecule has 116 valence electrons. The monoisotopic (exact) mass is 318 g/mol. The highest BCUT2D eigenvalue weighted by Crippen LogP contribution is 2.23. The van der Waals surface area contributed by atoms with E-state index < -0.39 is 10.0 Å². The minimum Gasteiger partial charge on any atom is -0.326 e. The molecule has 0 spiro atoms. The summed E-state index contributed by atoms with van der Waals surface area (Å²) in [6.07, 6.45) is 0. The molecule has 2 aromatic carbocycles. The fourth-order valence-corrected chi connectivity index (χ4v) is 3.11. The van der Waals surface area contributed by atoms with Gasteiger partial charge in [0.05, 0.1) is 10.6 Å². The molecule has 0 aliphatic rings. The van der Waals surface area contributed by atoms with Crippen molar-refractivity contribution in [2.45, 2.75) is 25.7 Å². The number of amides is 1. The van der Waals surface area contributed by atoms with E-state index in [0.29, 0.717) is 11.4 Å². The number of anilines is 2. The number of carbonyl (C=O) groups excluding carboxylic acids is 1. The van der Waals surface area contributed by atoms with Crippen LogP contribution in [0, 0.1) is 13.8 Å². The summed E-state index contributed by atoms with van der Waals surface area (Å²) >= 11 is 0. The maximum absolute atomic E-state index is 12.3. The van der Waals surface area contributed by atoms with Crippen molar-refractivity contribution in [2.75, 3.05) is 10.0 Å². The summed E-state index contributed by atoms with van der Waals surface area (Å²) in [6.45, 7) is 5.09. The van der Waals surface area contributed by atoms with Crippen LogP contribution in [0.5, 0.6) is 0 Å². The predicted octanol–water partition coefficient (Wildman–Crippen LogP) is 3.06. The van der Waals surface area contributed by atoms with E-state index in [2.05, 4.69) is 10.0 Å². The average Bonchev–Trinajstić information content (AvgIpc) is 2.41. The van der Waals surface area contributed by atoms with Gasteiger partial charge < -0.3 is 5.32 Å². The fraction of sp³-hybridized carbons (Fsp3) is 0.188. The lowest BCUT2D eigenvalue weighted by molar-refractivity contribution is -0.114. The second-order valence-corrected chi connectivity index (χ2v) is 6.81. The van der Waals surface area contributed by atoms with Gasteiger partial charge in [0.15, 0.2) is 0 Å². The molecule has 0 aliphatic carbocycles. The number of carbonyl (C=O) groups is 1. The van der Waals surface area contributed by atoms with Crippen LogP contribution in [0.4, 0.5) is 11.4 Å². The Labute approximate surface area is 130 Å². The Morgan fingerprint density at radius 3 is 2.18 bits per heavy atom. The topological polar surface area (TPSA) is 75.3 Å². The molecule has 2 N–H and O–H groups in total. The van der Waals surface area contributed by atoms with Crippen molar-refractivity contribution in [2.24, 2.45) is 0 Å². The van der Waals surface area contributed by atoms with E-state index in [1.807, 2.05) is 6.92 Å². The normalized spacial score (nSPS) is 11.0. The Hall–Kier alpha value is -2.34. The molecule has 0 unspecified atom stereocenters. The van der Waals surface area contributed by atoms with Crippen molar-refractivity contribution in [3.63, 3.8) is 0 Å². The summed E-state index contributed by atoms with van der Waals surface area (Å²) in [6, 6.07) is 11.6. The molecule has 0 bridgehead atoms. The first-order chi connectivity index (χ1) is 10.3. The van der Waals surface area contributed by atoms with E-state index >= 15 is 0 Å². The molecule has 2 aromatic rings.